The molecule has 6 nitrogen and oxygen atoms in total. The van der Waals surface area contributed by atoms with Crippen LogP contribution in [0.1, 0.15) is 18.9 Å². The minimum Gasteiger partial charge on any atom is -0.494 e. The molecule has 0 aliphatic rings. The van der Waals surface area contributed by atoms with E-state index in [-0.39, 0.29) is 0 Å². The number of hydrazone groups is 1. The fraction of sp³-hybridized carbons (Fsp3) is 0.250. The molecule has 2 amide bonds. The van der Waals surface area contributed by atoms with Gasteiger partial charge in [0, 0.05) is 0 Å². The maximum Gasteiger partial charge on any atom is 0.329 e. The summed E-state index contributed by atoms with van der Waals surface area (Å²) in [5.74, 6) is -1.25. The van der Waals surface area contributed by atoms with Gasteiger partial charge in [-0.05, 0) is 36.2 Å². The van der Waals surface area contributed by atoms with Crippen LogP contribution in [-0.4, -0.2) is 24.6 Å². The molecule has 3 N–H and O–H groups in total. The van der Waals surface area contributed by atoms with E-state index < -0.39 is 11.8 Å². The number of carbonyl (C=O) groups is 2. The highest BCUT2D eigenvalue weighted by Crippen LogP contribution is 2.11. The lowest BCUT2D eigenvalue weighted by molar-refractivity contribution is -0.137. The average Bonchev–Trinajstić information content (AvgIpc) is 2.37. The van der Waals surface area contributed by atoms with E-state index >= 15 is 0 Å². The second-order valence-electron chi connectivity index (χ2n) is 3.48. The monoisotopic (exact) mass is 249 g/mol. The number of rotatable bonds is 5. The Morgan fingerprint density at radius 3 is 2.61 bits per heavy atom. The highest BCUT2D eigenvalue weighted by molar-refractivity contribution is 6.34. The van der Waals surface area contributed by atoms with E-state index in [1.54, 1.807) is 24.3 Å². The van der Waals surface area contributed by atoms with Crippen molar-refractivity contribution in [1.82, 2.24) is 5.43 Å². The maximum atomic E-state index is 10.8. The lowest BCUT2D eigenvalue weighted by Crippen LogP contribution is -2.32. The lowest BCUT2D eigenvalue weighted by Gasteiger charge is -2.03. The van der Waals surface area contributed by atoms with Crippen LogP contribution in [-0.2, 0) is 9.59 Å². The molecule has 1 rings (SSSR count). The fourth-order valence-corrected chi connectivity index (χ4v) is 1.09. The van der Waals surface area contributed by atoms with Crippen molar-refractivity contribution in [2.75, 3.05) is 6.61 Å². The number of ether oxygens (including phenoxy) is 1. The first-order valence-corrected chi connectivity index (χ1v) is 5.49. The average molecular weight is 249 g/mol. The highest BCUT2D eigenvalue weighted by atomic mass is 16.5. The molecule has 1 aromatic rings. The van der Waals surface area contributed by atoms with Gasteiger partial charge >= 0.3 is 11.8 Å². The number of benzene rings is 1. The third kappa shape index (κ3) is 4.65. The summed E-state index contributed by atoms with van der Waals surface area (Å²) in [6.07, 6.45) is 2.35. The number of nitrogens with zero attached hydrogens (tertiary/aromatic N) is 1. The minimum absolute atomic E-state index is 0.669. The number of carbonyl (C=O) groups excluding carboxylic acids is 2. The van der Waals surface area contributed by atoms with Crippen molar-refractivity contribution in [2.24, 2.45) is 10.8 Å². The van der Waals surface area contributed by atoms with Crippen LogP contribution in [0.3, 0.4) is 0 Å². The molecule has 1 aromatic carbocycles. The van der Waals surface area contributed by atoms with Crippen molar-refractivity contribution >= 4 is 18.0 Å². The van der Waals surface area contributed by atoms with Crippen LogP contribution in [0.4, 0.5) is 0 Å². The summed E-state index contributed by atoms with van der Waals surface area (Å²) in [7, 11) is 0. The zero-order valence-corrected chi connectivity index (χ0v) is 10.1. The van der Waals surface area contributed by atoms with Gasteiger partial charge < -0.3 is 10.5 Å². The summed E-state index contributed by atoms with van der Waals surface area (Å²) in [5, 5.41) is 3.59. The van der Waals surface area contributed by atoms with E-state index in [1.165, 1.54) is 6.21 Å². The summed E-state index contributed by atoms with van der Waals surface area (Å²) < 4.78 is 5.41. The van der Waals surface area contributed by atoms with Gasteiger partial charge in [-0.3, -0.25) is 9.59 Å². The number of hydrogen-bond donors (Lipinski definition) is 2. The Bertz CT molecular complexity index is 440. The molecule has 0 fully saturated rings. The largest absolute Gasteiger partial charge is 0.494 e. The van der Waals surface area contributed by atoms with Gasteiger partial charge in [0.25, 0.3) is 0 Å². The van der Waals surface area contributed by atoms with Crippen LogP contribution in [0.15, 0.2) is 29.4 Å². The Balaban J connectivity index is 2.50. The Labute approximate surface area is 105 Å². The van der Waals surface area contributed by atoms with Gasteiger partial charge in [-0.2, -0.15) is 5.10 Å². The molecule has 0 heterocycles. The van der Waals surface area contributed by atoms with E-state index in [2.05, 4.69) is 5.10 Å². The van der Waals surface area contributed by atoms with Crippen LogP contribution in [0.25, 0.3) is 0 Å². The second kappa shape index (κ2) is 7.05. The first-order chi connectivity index (χ1) is 8.63. The predicted molar refractivity (Wildman–Crippen MR) is 67.2 cm³/mol. The van der Waals surface area contributed by atoms with Crippen molar-refractivity contribution in [3.8, 4) is 5.75 Å². The van der Waals surface area contributed by atoms with Gasteiger partial charge in [-0.15, -0.1) is 0 Å². The van der Waals surface area contributed by atoms with E-state index in [0.717, 1.165) is 17.7 Å². The fourth-order valence-electron chi connectivity index (χ4n) is 1.09. The summed E-state index contributed by atoms with van der Waals surface area (Å²) in [6, 6.07) is 7.16. The Kier molecular flexibility index (Phi) is 5.37. The topological polar surface area (TPSA) is 93.8 Å². The van der Waals surface area contributed by atoms with E-state index in [0.29, 0.717) is 6.61 Å². The van der Waals surface area contributed by atoms with Crippen molar-refractivity contribution in [3.05, 3.63) is 29.8 Å². The zero-order chi connectivity index (χ0) is 13.4. The van der Waals surface area contributed by atoms with E-state index in [1.807, 2.05) is 12.3 Å². The predicted octanol–water partition coefficient (Wildman–Crippen LogP) is 0.411. The standard InChI is InChI=1S/C12H15N3O3/c1-2-7-18-10-5-3-9(4-6-10)8-14-15-12(17)11(13)16/h3-6,8H,2,7H2,1H3,(H2,13,16)(H,15,17). The molecule has 0 aliphatic heterocycles. The third-order valence-corrected chi connectivity index (χ3v) is 1.96. The van der Waals surface area contributed by atoms with Crippen molar-refractivity contribution in [3.63, 3.8) is 0 Å². The van der Waals surface area contributed by atoms with Crippen LogP contribution < -0.4 is 15.9 Å². The van der Waals surface area contributed by atoms with Gasteiger partial charge in [-0.1, -0.05) is 6.92 Å². The Morgan fingerprint density at radius 2 is 2.06 bits per heavy atom. The number of hydrogen-bond acceptors (Lipinski definition) is 4. The summed E-state index contributed by atoms with van der Waals surface area (Å²) in [4.78, 5) is 21.2. The first kappa shape index (κ1) is 13.7. The highest BCUT2D eigenvalue weighted by Gasteiger charge is 2.05. The quantitative estimate of drug-likeness (QED) is 0.449. The van der Waals surface area contributed by atoms with Gasteiger partial charge in [0.05, 0.1) is 12.8 Å². The first-order valence-electron chi connectivity index (χ1n) is 5.49. The zero-order valence-electron chi connectivity index (χ0n) is 10.1. The number of primary amides is 1. The molecule has 0 unspecified atom stereocenters. The number of nitrogens with two attached hydrogens (primary N) is 1. The van der Waals surface area contributed by atoms with Crippen molar-refractivity contribution in [1.29, 1.82) is 0 Å². The molecule has 0 aliphatic carbocycles. The molecule has 6 heteroatoms. The summed E-state index contributed by atoms with van der Waals surface area (Å²) >= 11 is 0. The molecule has 0 saturated carbocycles. The second-order valence-corrected chi connectivity index (χ2v) is 3.48. The SMILES string of the molecule is CCCOc1ccc(C=NNC(=O)C(N)=O)cc1. The molecule has 0 spiro atoms. The summed E-state index contributed by atoms with van der Waals surface area (Å²) in [5.41, 5.74) is 7.51. The molecule has 18 heavy (non-hydrogen) atoms. The Morgan fingerprint density at radius 1 is 1.39 bits per heavy atom. The molecule has 0 bridgehead atoms. The van der Waals surface area contributed by atoms with Crippen molar-refractivity contribution < 1.29 is 14.3 Å². The summed E-state index contributed by atoms with van der Waals surface area (Å²) in [6.45, 7) is 2.70. The molecular weight excluding hydrogens is 234 g/mol. The van der Waals surface area contributed by atoms with Crippen LogP contribution in [0, 0.1) is 0 Å². The lowest BCUT2D eigenvalue weighted by atomic mass is 10.2. The molecule has 0 radical (unpaired) electrons. The van der Waals surface area contributed by atoms with Crippen LogP contribution >= 0.6 is 0 Å². The van der Waals surface area contributed by atoms with E-state index in [4.69, 9.17) is 10.5 Å². The smallest absolute Gasteiger partial charge is 0.329 e. The number of nitrogens with one attached hydrogen (secondary N) is 1. The third-order valence-electron chi connectivity index (χ3n) is 1.96. The van der Waals surface area contributed by atoms with Crippen molar-refractivity contribution in [2.45, 2.75) is 13.3 Å². The number of amides is 2. The molecule has 0 aromatic heterocycles. The van der Waals surface area contributed by atoms with Gasteiger partial charge in [0.15, 0.2) is 0 Å². The molecule has 96 valence electrons. The van der Waals surface area contributed by atoms with Crippen LogP contribution in [0.2, 0.25) is 0 Å². The Hall–Kier alpha value is -2.37. The minimum atomic E-state index is -1.07. The maximum absolute atomic E-state index is 10.8. The van der Waals surface area contributed by atoms with Crippen LogP contribution in [0.5, 0.6) is 5.75 Å². The normalized spacial score (nSPS) is 10.3. The van der Waals surface area contributed by atoms with Gasteiger partial charge in [-0.25, -0.2) is 5.43 Å². The van der Waals surface area contributed by atoms with E-state index in [9.17, 15) is 9.59 Å². The van der Waals surface area contributed by atoms with Gasteiger partial charge in [0.2, 0.25) is 0 Å². The van der Waals surface area contributed by atoms with Gasteiger partial charge in [0.1, 0.15) is 5.75 Å². The molecule has 0 atom stereocenters. The molecular formula is C12H15N3O3. The molecule has 0 saturated heterocycles.